The van der Waals surface area contributed by atoms with Gasteiger partial charge in [0, 0.05) is 41.8 Å². The van der Waals surface area contributed by atoms with Gasteiger partial charge in [-0.2, -0.15) is 5.10 Å². The first-order valence-corrected chi connectivity index (χ1v) is 21.7. The number of benzene rings is 1. The minimum atomic E-state index is -3.73. The van der Waals surface area contributed by atoms with E-state index in [1.807, 2.05) is 37.3 Å². The molecule has 14 heteroatoms. The van der Waals surface area contributed by atoms with E-state index in [9.17, 15) is 27.6 Å². The van der Waals surface area contributed by atoms with E-state index >= 15 is 0 Å². The average molecular weight is 786 g/mol. The molecule has 1 aromatic carbocycles. The fourth-order valence-corrected chi connectivity index (χ4v) is 10.7. The molecule has 2 N–H and O–H groups in total. The standard InChI is InChI=1S/C42H51N5O8S/c1-4-32-37-30(31-19-29(54-3)12-13-33(31)45-32)14-15-41(55-37)21-34-38(50)46-42(36(49)24-56(52,53)40(2)16-17-40)20-28(42)11-9-7-5-6-8-10-26(39(51)47(34)25-41)18-35(48)27-22-43-44-23-27/h9,11-13,19,22-23,26,28,34H,4-8,10,14-18,20-21,24-25H2,1-3H3,(H,43,44)(H,46,50)/b11-9-/t26-,28-,34+,41-,42-/m1/s1. The molecule has 56 heavy (non-hydrogen) atoms. The molecule has 298 valence electrons. The zero-order valence-electron chi connectivity index (χ0n) is 32.4. The van der Waals surface area contributed by atoms with Gasteiger partial charge < -0.3 is 19.7 Å². The summed E-state index contributed by atoms with van der Waals surface area (Å²) in [7, 11) is -2.11. The van der Waals surface area contributed by atoms with Crippen LogP contribution < -0.4 is 14.8 Å². The van der Waals surface area contributed by atoms with Crippen molar-refractivity contribution in [3.63, 3.8) is 0 Å². The monoisotopic (exact) mass is 785 g/mol. The number of aryl methyl sites for hydroxylation is 2. The van der Waals surface area contributed by atoms with Crippen molar-refractivity contribution in [2.45, 2.75) is 119 Å². The number of sulfone groups is 1. The van der Waals surface area contributed by atoms with E-state index in [0.717, 1.165) is 41.4 Å². The number of hydrogen-bond donors (Lipinski definition) is 2. The molecular formula is C42H51N5O8S. The van der Waals surface area contributed by atoms with E-state index in [4.69, 9.17) is 14.5 Å². The number of H-pyrrole nitrogens is 1. The number of rotatable bonds is 9. The Morgan fingerprint density at radius 1 is 1.11 bits per heavy atom. The maximum absolute atomic E-state index is 14.9. The molecule has 1 spiro atoms. The molecule has 2 saturated carbocycles. The number of nitrogens with zero attached hydrogens (tertiary/aromatic N) is 3. The number of fused-ring (bicyclic) bond motifs is 5. The first kappa shape index (κ1) is 38.3. The van der Waals surface area contributed by atoms with Gasteiger partial charge in [-0.3, -0.25) is 24.3 Å². The third-order valence-corrected chi connectivity index (χ3v) is 15.6. The SMILES string of the molecule is CCc1nc2ccc(OC)cc2c2c1O[C@]1(CC2)C[C@H]2C(=O)N[C@]3(C(=O)CS(=O)(=O)C4(C)CC4)C[C@H]3/C=C\CCCCC[C@H](CC(=O)c3cn[nH]c3)C(=O)N2C1. The van der Waals surface area contributed by atoms with Gasteiger partial charge in [-0.1, -0.05) is 31.9 Å². The Morgan fingerprint density at radius 3 is 2.66 bits per heavy atom. The normalized spacial score (nSPS) is 29.2. The lowest BCUT2D eigenvalue weighted by atomic mass is 9.87. The summed E-state index contributed by atoms with van der Waals surface area (Å²) in [6.45, 7) is 3.79. The highest BCUT2D eigenvalue weighted by molar-refractivity contribution is 7.93. The third kappa shape index (κ3) is 6.91. The Labute approximate surface area is 327 Å². The Morgan fingerprint density at radius 2 is 1.93 bits per heavy atom. The molecule has 2 aliphatic carbocycles. The van der Waals surface area contributed by atoms with Gasteiger partial charge >= 0.3 is 0 Å². The van der Waals surface area contributed by atoms with Gasteiger partial charge in [0.25, 0.3) is 0 Å². The number of methoxy groups -OCH3 is 1. The van der Waals surface area contributed by atoms with Crippen molar-refractivity contribution in [2.24, 2.45) is 11.8 Å². The first-order chi connectivity index (χ1) is 26.8. The van der Waals surface area contributed by atoms with Crippen LogP contribution in [0.25, 0.3) is 10.9 Å². The number of carbonyl (C=O) groups is 4. The number of hydrogen-bond acceptors (Lipinski definition) is 10. The van der Waals surface area contributed by atoms with Crippen molar-refractivity contribution in [1.29, 1.82) is 0 Å². The van der Waals surface area contributed by atoms with Gasteiger partial charge in [0.2, 0.25) is 11.8 Å². The summed E-state index contributed by atoms with van der Waals surface area (Å²) in [5, 5.41) is 10.6. The number of aromatic nitrogens is 3. The highest BCUT2D eigenvalue weighted by Crippen LogP contribution is 2.50. The molecule has 3 aromatic rings. The number of aromatic amines is 1. The largest absolute Gasteiger partial charge is 0.497 e. The molecule has 5 heterocycles. The summed E-state index contributed by atoms with van der Waals surface area (Å²) < 4.78 is 38.3. The van der Waals surface area contributed by atoms with Gasteiger partial charge in [-0.25, -0.2) is 13.4 Å². The zero-order chi connectivity index (χ0) is 39.5. The van der Waals surface area contributed by atoms with E-state index < -0.39 is 55.1 Å². The number of allylic oxidation sites excluding steroid dienone is 1. The molecule has 8 rings (SSSR count). The van der Waals surface area contributed by atoms with E-state index in [0.29, 0.717) is 68.4 Å². The van der Waals surface area contributed by atoms with E-state index in [1.165, 1.54) is 12.4 Å². The molecule has 3 aliphatic heterocycles. The van der Waals surface area contributed by atoms with Crippen molar-refractivity contribution in [1.82, 2.24) is 25.4 Å². The predicted octanol–water partition coefficient (Wildman–Crippen LogP) is 5.01. The lowest BCUT2D eigenvalue weighted by molar-refractivity contribution is -0.142. The van der Waals surface area contributed by atoms with Crippen molar-refractivity contribution in [2.75, 3.05) is 19.4 Å². The van der Waals surface area contributed by atoms with Crippen LogP contribution in [0.5, 0.6) is 11.5 Å². The molecule has 0 radical (unpaired) electrons. The fourth-order valence-electron chi connectivity index (χ4n) is 9.07. The highest BCUT2D eigenvalue weighted by atomic mass is 32.2. The zero-order valence-corrected chi connectivity index (χ0v) is 33.2. The molecule has 1 saturated heterocycles. The number of carbonyl (C=O) groups excluding carboxylic acids is 4. The molecule has 0 unspecified atom stereocenters. The van der Waals surface area contributed by atoms with Crippen LogP contribution in [0.1, 0.15) is 106 Å². The number of ether oxygens (including phenoxy) is 2. The predicted molar refractivity (Wildman–Crippen MR) is 208 cm³/mol. The maximum Gasteiger partial charge on any atom is 0.243 e. The average Bonchev–Trinajstić information content (AvgIpc) is 3.96. The van der Waals surface area contributed by atoms with E-state index in [2.05, 4.69) is 15.5 Å². The minimum absolute atomic E-state index is 0.0430. The Hall–Kier alpha value is -4.59. The van der Waals surface area contributed by atoms with Crippen molar-refractivity contribution in [3.8, 4) is 11.5 Å². The Balaban J connectivity index is 1.15. The summed E-state index contributed by atoms with van der Waals surface area (Å²) >= 11 is 0. The number of amides is 2. The highest BCUT2D eigenvalue weighted by Gasteiger charge is 2.63. The molecule has 5 atom stereocenters. The van der Waals surface area contributed by atoms with Crippen molar-refractivity contribution >= 4 is 44.1 Å². The van der Waals surface area contributed by atoms with Crippen LogP contribution in [0.3, 0.4) is 0 Å². The first-order valence-electron chi connectivity index (χ1n) is 20.1. The van der Waals surface area contributed by atoms with Crippen LogP contribution in [-0.4, -0.2) is 93.2 Å². The molecule has 5 aliphatic rings. The van der Waals surface area contributed by atoms with Gasteiger partial charge in [-0.05, 0) is 82.9 Å². The number of ketones is 2. The number of pyridine rings is 1. The molecule has 0 bridgehead atoms. The van der Waals surface area contributed by atoms with Gasteiger partial charge in [0.1, 0.15) is 34.4 Å². The van der Waals surface area contributed by atoms with Crippen LogP contribution in [0.4, 0.5) is 0 Å². The number of nitrogens with one attached hydrogen (secondary N) is 2. The summed E-state index contributed by atoms with van der Waals surface area (Å²) in [5.41, 5.74) is 0.672. The van der Waals surface area contributed by atoms with Crippen LogP contribution in [0.2, 0.25) is 0 Å². The summed E-state index contributed by atoms with van der Waals surface area (Å²) in [4.78, 5) is 63.7. The summed E-state index contributed by atoms with van der Waals surface area (Å²) in [5.74, 6) is -1.90. The number of Topliss-reactive ketones (excluding diaryl/α,β-unsaturated/α-hetero) is 2. The second-order valence-corrected chi connectivity index (χ2v) is 19.4. The van der Waals surface area contributed by atoms with Crippen LogP contribution in [0, 0.1) is 11.8 Å². The Bertz CT molecular complexity index is 2220. The topological polar surface area (TPSA) is 178 Å². The summed E-state index contributed by atoms with van der Waals surface area (Å²) in [6.07, 6.45) is 13.7. The quantitative estimate of drug-likeness (QED) is 0.221. The fraction of sp³-hybridized carbons (Fsp3) is 0.571. The second-order valence-electron chi connectivity index (χ2n) is 16.9. The van der Waals surface area contributed by atoms with Gasteiger partial charge in [0.05, 0.1) is 41.4 Å². The molecule has 2 amide bonds. The third-order valence-electron chi connectivity index (χ3n) is 13.1. The van der Waals surface area contributed by atoms with Crippen LogP contribution in [-0.2, 0) is 37.1 Å². The smallest absolute Gasteiger partial charge is 0.243 e. The second kappa shape index (κ2) is 14.4. The van der Waals surface area contributed by atoms with Crippen LogP contribution in [0.15, 0.2) is 42.7 Å². The van der Waals surface area contributed by atoms with Crippen molar-refractivity contribution < 1.29 is 37.1 Å². The van der Waals surface area contributed by atoms with E-state index in [1.54, 1.807) is 18.9 Å². The van der Waals surface area contributed by atoms with Gasteiger partial charge in [0.15, 0.2) is 21.4 Å². The van der Waals surface area contributed by atoms with Gasteiger partial charge in [-0.15, -0.1) is 0 Å². The lowest BCUT2D eigenvalue weighted by Gasteiger charge is -2.37. The molecule has 13 nitrogen and oxygen atoms in total. The van der Waals surface area contributed by atoms with Crippen LogP contribution >= 0.6 is 0 Å². The summed E-state index contributed by atoms with van der Waals surface area (Å²) in [6, 6.07) is 4.75. The molecular weight excluding hydrogens is 735 g/mol. The van der Waals surface area contributed by atoms with E-state index in [-0.39, 0.29) is 37.0 Å². The Kier molecular flexibility index (Phi) is 9.85. The minimum Gasteiger partial charge on any atom is -0.497 e. The maximum atomic E-state index is 14.9. The molecule has 3 fully saturated rings. The lowest BCUT2D eigenvalue weighted by Crippen LogP contribution is -2.55. The van der Waals surface area contributed by atoms with Crippen molar-refractivity contribution in [3.05, 3.63) is 59.6 Å². The molecule has 2 aromatic heterocycles.